The molecule has 2 aromatic heterocycles. The minimum atomic E-state index is 0.386. The molecular weight excluding hydrogens is 236 g/mol. The second kappa shape index (κ2) is 4.47. The number of halogens is 1. The number of thioether (sulfide) groups is 1. The summed E-state index contributed by atoms with van der Waals surface area (Å²) in [5, 5.41) is 3.46. The second-order valence-electron chi connectivity index (χ2n) is 2.90. The Labute approximate surface area is 95.7 Å². The number of fused-ring (bicyclic) bond motifs is 1. The van der Waals surface area contributed by atoms with Crippen molar-refractivity contribution in [3.8, 4) is 0 Å². The molecule has 14 heavy (non-hydrogen) atoms. The molecule has 0 saturated heterocycles. The van der Waals surface area contributed by atoms with Gasteiger partial charge < -0.3 is 0 Å². The van der Waals surface area contributed by atoms with Crippen LogP contribution in [0.15, 0.2) is 22.8 Å². The minimum absolute atomic E-state index is 0.386. The van der Waals surface area contributed by atoms with Crippen LogP contribution in [-0.4, -0.2) is 21.1 Å². The van der Waals surface area contributed by atoms with E-state index in [1.807, 2.05) is 11.4 Å². The second-order valence-corrected chi connectivity index (χ2v) is 5.55. The lowest BCUT2D eigenvalue weighted by molar-refractivity contribution is 1.07. The minimum Gasteiger partial charge on any atom is -0.235 e. The quantitative estimate of drug-likeness (QED) is 0.470. The number of rotatable bonds is 3. The standard InChI is InChI=1S/C9H9ClN2S2/c1-6(4-10)14-9-8-7(2-3-13-8)11-5-12-9/h2-3,5-6H,4H2,1H3. The normalized spacial score (nSPS) is 13.3. The molecule has 2 heterocycles. The van der Waals surface area contributed by atoms with E-state index in [0.717, 1.165) is 15.2 Å². The topological polar surface area (TPSA) is 25.8 Å². The highest BCUT2D eigenvalue weighted by Gasteiger charge is 2.09. The van der Waals surface area contributed by atoms with Crippen molar-refractivity contribution in [1.29, 1.82) is 0 Å². The van der Waals surface area contributed by atoms with Gasteiger partial charge in [-0.25, -0.2) is 9.97 Å². The Kier molecular flexibility index (Phi) is 3.26. The number of hydrogen-bond acceptors (Lipinski definition) is 4. The Morgan fingerprint density at radius 3 is 3.21 bits per heavy atom. The van der Waals surface area contributed by atoms with Crippen LogP contribution in [0.4, 0.5) is 0 Å². The molecule has 0 fully saturated rings. The highest BCUT2D eigenvalue weighted by atomic mass is 35.5. The number of alkyl halides is 1. The van der Waals surface area contributed by atoms with Crippen molar-refractivity contribution in [3.63, 3.8) is 0 Å². The Hall–Kier alpha value is -0.320. The first kappa shape index (κ1) is 10.2. The van der Waals surface area contributed by atoms with E-state index in [4.69, 9.17) is 11.6 Å². The first-order chi connectivity index (χ1) is 6.81. The van der Waals surface area contributed by atoms with E-state index in [-0.39, 0.29) is 0 Å². The van der Waals surface area contributed by atoms with E-state index >= 15 is 0 Å². The molecule has 0 N–H and O–H groups in total. The van der Waals surface area contributed by atoms with E-state index in [0.29, 0.717) is 11.1 Å². The SMILES string of the molecule is CC(CCl)Sc1ncnc2ccsc12. The van der Waals surface area contributed by atoms with Crippen LogP contribution < -0.4 is 0 Å². The molecule has 0 aliphatic heterocycles. The fourth-order valence-corrected chi connectivity index (χ4v) is 3.04. The fraction of sp³-hybridized carbons (Fsp3) is 0.333. The van der Waals surface area contributed by atoms with E-state index in [1.54, 1.807) is 29.4 Å². The molecule has 0 aliphatic rings. The summed E-state index contributed by atoms with van der Waals surface area (Å²) in [5.74, 6) is 0.640. The largest absolute Gasteiger partial charge is 0.235 e. The first-order valence-electron chi connectivity index (χ1n) is 4.22. The summed E-state index contributed by atoms with van der Waals surface area (Å²) in [6, 6.07) is 2.01. The summed E-state index contributed by atoms with van der Waals surface area (Å²) in [7, 11) is 0. The third kappa shape index (κ3) is 2.02. The molecule has 1 unspecified atom stereocenters. The van der Waals surface area contributed by atoms with Crippen molar-refractivity contribution in [2.24, 2.45) is 0 Å². The number of thiophene rings is 1. The molecule has 5 heteroatoms. The number of aromatic nitrogens is 2. The number of nitrogens with zero attached hydrogens (tertiary/aromatic N) is 2. The summed E-state index contributed by atoms with van der Waals surface area (Å²) in [6.07, 6.45) is 1.61. The molecule has 0 saturated carbocycles. The van der Waals surface area contributed by atoms with Crippen LogP contribution in [0.1, 0.15) is 6.92 Å². The Bertz CT molecular complexity index is 429. The van der Waals surface area contributed by atoms with E-state index in [9.17, 15) is 0 Å². The maximum Gasteiger partial charge on any atom is 0.118 e. The van der Waals surface area contributed by atoms with Gasteiger partial charge in [0.15, 0.2) is 0 Å². The van der Waals surface area contributed by atoms with E-state index in [2.05, 4.69) is 16.9 Å². The lowest BCUT2D eigenvalue weighted by Gasteiger charge is -2.05. The van der Waals surface area contributed by atoms with Crippen molar-refractivity contribution in [2.75, 3.05) is 5.88 Å². The van der Waals surface area contributed by atoms with Gasteiger partial charge in [0.05, 0.1) is 10.2 Å². The summed E-state index contributed by atoms with van der Waals surface area (Å²) < 4.78 is 1.16. The van der Waals surface area contributed by atoms with E-state index in [1.165, 1.54) is 0 Å². The Balaban J connectivity index is 2.36. The van der Waals surface area contributed by atoms with Crippen molar-refractivity contribution in [1.82, 2.24) is 9.97 Å². The van der Waals surface area contributed by atoms with Gasteiger partial charge in [-0.15, -0.1) is 34.7 Å². The van der Waals surface area contributed by atoms with Gasteiger partial charge in [0, 0.05) is 11.1 Å². The molecule has 2 aromatic rings. The molecule has 2 nitrogen and oxygen atoms in total. The van der Waals surface area contributed by atoms with Gasteiger partial charge >= 0.3 is 0 Å². The third-order valence-electron chi connectivity index (χ3n) is 1.74. The van der Waals surface area contributed by atoms with Gasteiger partial charge in [-0.3, -0.25) is 0 Å². The zero-order chi connectivity index (χ0) is 9.97. The van der Waals surface area contributed by atoms with Crippen LogP contribution in [0.2, 0.25) is 0 Å². The van der Waals surface area contributed by atoms with Crippen molar-refractivity contribution >= 4 is 44.9 Å². The van der Waals surface area contributed by atoms with Gasteiger partial charge in [0.1, 0.15) is 11.4 Å². The maximum atomic E-state index is 5.77. The van der Waals surface area contributed by atoms with Crippen LogP contribution in [-0.2, 0) is 0 Å². The molecular formula is C9H9ClN2S2. The Morgan fingerprint density at radius 1 is 1.57 bits per heavy atom. The molecule has 0 amide bonds. The third-order valence-corrected chi connectivity index (χ3v) is 4.53. The van der Waals surface area contributed by atoms with Gasteiger partial charge in [-0.1, -0.05) is 6.92 Å². The number of hydrogen-bond donors (Lipinski definition) is 0. The molecule has 0 spiro atoms. The predicted octanol–water partition coefficient (Wildman–Crippen LogP) is 3.41. The van der Waals surface area contributed by atoms with Crippen molar-refractivity contribution in [3.05, 3.63) is 17.8 Å². The van der Waals surface area contributed by atoms with Gasteiger partial charge in [-0.2, -0.15) is 0 Å². The fourth-order valence-electron chi connectivity index (χ4n) is 1.07. The monoisotopic (exact) mass is 244 g/mol. The zero-order valence-electron chi connectivity index (χ0n) is 7.61. The van der Waals surface area contributed by atoms with Gasteiger partial charge in [-0.05, 0) is 11.4 Å². The summed E-state index contributed by atoms with van der Waals surface area (Å²) in [4.78, 5) is 8.46. The van der Waals surface area contributed by atoms with Crippen LogP contribution >= 0.6 is 34.7 Å². The lowest BCUT2D eigenvalue weighted by Crippen LogP contribution is -1.97. The molecule has 0 aliphatic carbocycles. The lowest BCUT2D eigenvalue weighted by atomic mass is 10.5. The first-order valence-corrected chi connectivity index (χ1v) is 6.51. The average molecular weight is 245 g/mol. The van der Waals surface area contributed by atoms with Crippen LogP contribution in [0.3, 0.4) is 0 Å². The Morgan fingerprint density at radius 2 is 2.43 bits per heavy atom. The molecule has 1 atom stereocenters. The average Bonchev–Trinajstić information content (AvgIpc) is 2.66. The highest BCUT2D eigenvalue weighted by Crippen LogP contribution is 2.31. The summed E-state index contributed by atoms with van der Waals surface area (Å²) in [5.41, 5.74) is 1.02. The van der Waals surface area contributed by atoms with Crippen molar-refractivity contribution in [2.45, 2.75) is 17.2 Å². The summed E-state index contributed by atoms with van der Waals surface area (Å²) >= 11 is 9.15. The van der Waals surface area contributed by atoms with Crippen LogP contribution in [0, 0.1) is 0 Å². The smallest absolute Gasteiger partial charge is 0.118 e. The molecule has 0 bridgehead atoms. The van der Waals surface area contributed by atoms with Gasteiger partial charge in [0.25, 0.3) is 0 Å². The van der Waals surface area contributed by atoms with Crippen molar-refractivity contribution < 1.29 is 0 Å². The van der Waals surface area contributed by atoms with E-state index < -0.39 is 0 Å². The highest BCUT2D eigenvalue weighted by molar-refractivity contribution is 8.00. The maximum absolute atomic E-state index is 5.77. The molecule has 0 aromatic carbocycles. The van der Waals surface area contributed by atoms with Crippen LogP contribution in [0.5, 0.6) is 0 Å². The molecule has 2 rings (SSSR count). The molecule has 0 radical (unpaired) electrons. The predicted molar refractivity (Wildman–Crippen MR) is 63.5 cm³/mol. The molecule has 74 valence electrons. The zero-order valence-corrected chi connectivity index (χ0v) is 9.99. The van der Waals surface area contributed by atoms with Crippen LogP contribution in [0.25, 0.3) is 10.2 Å². The van der Waals surface area contributed by atoms with Gasteiger partial charge in [0.2, 0.25) is 0 Å². The summed E-state index contributed by atoms with van der Waals surface area (Å²) in [6.45, 7) is 2.10.